The first kappa shape index (κ1) is 6.77. The van der Waals surface area contributed by atoms with Gasteiger partial charge in [0.1, 0.15) is 12.0 Å². The zero-order chi connectivity index (χ0) is 6.69. The van der Waals surface area contributed by atoms with E-state index in [0.29, 0.717) is 0 Å². The fourth-order valence-corrected chi connectivity index (χ4v) is 0.828. The van der Waals surface area contributed by atoms with Gasteiger partial charge in [-0.2, -0.15) is 0 Å². The predicted molar refractivity (Wildman–Crippen MR) is 37.0 cm³/mol. The molecule has 0 unspecified atom stereocenters. The molecule has 0 radical (unpaired) electrons. The maximum Gasteiger partial charge on any atom is 0.138 e. The predicted octanol–water partition coefficient (Wildman–Crippen LogP) is 1.16. The molecule has 1 N–H and O–H groups in total. The van der Waals surface area contributed by atoms with Gasteiger partial charge in [-0.25, -0.2) is 0 Å². The topological polar surface area (TPSA) is 38.1 Å². The molecule has 0 aliphatic rings. The van der Waals surface area contributed by atoms with Crippen LogP contribution in [0, 0.1) is 0 Å². The molecular formula is C5H7BrN2O. The molecule has 1 aromatic rings. The Labute approximate surface area is 61.5 Å². The fourth-order valence-electron chi connectivity index (χ4n) is 0.532. The monoisotopic (exact) mass is 190 g/mol. The van der Waals surface area contributed by atoms with Crippen LogP contribution in [-0.2, 0) is 6.54 Å². The van der Waals surface area contributed by atoms with Crippen molar-refractivity contribution in [1.29, 1.82) is 0 Å². The highest BCUT2D eigenvalue weighted by atomic mass is 79.9. The molecule has 3 nitrogen and oxygen atoms in total. The Hall–Kier alpha value is -0.350. The Bertz CT molecular complexity index is 187. The second kappa shape index (κ2) is 2.98. The molecule has 0 saturated carbocycles. The van der Waals surface area contributed by atoms with Gasteiger partial charge in [0, 0.05) is 6.54 Å². The molecule has 0 fully saturated rings. The molecule has 0 aliphatic carbocycles. The molecule has 0 aromatic carbocycles. The van der Waals surface area contributed by atoms with Crippen LogP contribution in [0.5, 0.6) is 0 Å². The van der Waals surface area contributed by atoms with Gasteiger partial charge in [0.15, 0.2) is 0 Å². The highest BCUT2D eigenvalue weighted by molar-refractivity contribution is 9.10. The first-order valence-corrected chi connectivity index (χ1v) is 3.37. The van der Waals surface area contributed by atoms with E-state index in [1.165, 1.54) is 0 Å². The van der Waals surface area contributed by atoms with Crippen LogP contribution in [0.4, 0.5) is 0 Å². The normalized spacial score (nSPS) is 10.0. The highest BCUT2D eigenvalue weighted by Gasteiger charge is 2.00. The van der Waals surface area contributed by atoms with Gasteiger partial charge in [-0.1, -0.05) is 5.16 Å². The van der Waals surface area contributed by atoms with Crippen molar-refractivity contribution in [2.24, 2.45) is 0 Å². The van der Waals surface area contributed by atoms with E-state index < -0.39 is 0 Å². The Balaban J connectivity index is 2.69. The molecule has 0 amide bonds. The second-order valence-electron chi connectivity index (χ2n) is 1.64. The van der Waals surface area contributed by atoms with E-state index >= 15 is 0 Å². The van der Waals surface area contributed by atoms with Crippen LogP contribution >= 0.6 is 15.9 Å². The minimum Gasteiger partial charge on any atom is -0.363 e. The Morgan fingerprint density at radius 1 is 1.89 bits per heavy atom. The van der Waals surface area contributed by atoms with E-state index in [1.54, 1.807) is 6.26 Å². The lowest BCUT2D eigenvalue weighted by atomic mass is 10.4. The summed E-state index contributed by atoms with van der Waals surface area (Å²) in [6.45, 7) is 0.733. The van der Waals surface area contributed by atoms with Gasteiger partial charge in [-0.15, -0.1) is 0 Å². The minimum absolute atomic E-state index is 0.733. The molecule has 0 aliphatic heterocycles. The second-order valence-corrected chi connectivity index (χ2v) is 2.49. The molecular weight excluding hydrogens is 184 g/mol. The average Bonchev–Trinajstić information content (AvgIpc) is 2.18. The van der Waals surface area contributed by atoms with Crippen molar-refractivity contribution in [3.8, 4) is 0 Å². The number of rotatable bonds is 2. The summed E-state index contributed by atoms with van der Waals surface area (Å²) < 4.78 is 5.57. The van der Waals surface area contributed by atoms with E-state index in [9.17, 15) is 0 Å². The largest absolute Gasteiger partial charge is 0.363 e. The average molecular weight is 191 g/mol. The Kier molecular flexibility index (Phi) is 2.24. The van der Waals surface area contributed by atoms with Crippen molar-refractivity contribution in [3.63, 3.8) is 0 Å². The van der Waals surface area contributed by atoms with E-state index in [2.05, 4.69) is 30.9 Å². The quantitative estimate of drug-likeness (QED) is 0.761. The third-order valence-electron chi connectivity index (χ3n) is 0.939. The molecule has 1 rings (SSSR count). The Morgan fingerprint density at radius 2 is 2.67 bits per heavy atom. The van der Waals surface area contributed by atoms with Crippen LogP contribution < -0.4 is 5.32 Å². The van der Waals surface area contributed by atoms with Crippen molar-refractivity contribution in [2.75, 3.05) is 7.05 Å². The van der Waals surface area contributed by atoms with Gasteiger partial charge in [0.05, 0.1) is 4.47 Å². The molecule has 1 heterocycles. The molecule has 50 valence electrons. The maximum atomic E-state index is 4.66. The van der Waals surface area contributed by atoms with Crippen LogP contribution in [0.15, 0.2) is 15.3 Å². The van der Waals surface area contributed by atoms with Gasteiger partial charge in [0.25, 0.3) is 0 Å². The summed E-state index contributed by atoms with van der Waals surface area (Å²) in [5.41, 5.74) is 0.900. The summed E-state index contributed by atoms with van der Waals surface area (Å²) >= 11 is 3.27. The van der Waals surface area contributed by atoms with Gasteiger partial charge in [0.2, 0.25) is 0 Å². The standard InChI is InChI=1S/C5H7BrN2O/c1-7-2-5-4(6)3-9-8-5/h3,7H,2H2,1H3. The van der Waals surface area contributed by atoms with Crippen LogP contribution in [0.1, 0.15) is 5.69 Å². The maximum absolute atomic E-state index is 4.66. The van der Waals surface area contributed by atoms with E-state index in [1.807, 2.05) is 7.05 Å². The SMILES string of the molecule is CNCc1nocc1Br. The summed E-state index contributed by atoms with van der Waals surface area (Å²) in [4.78, 5) is 0. The molecule has 0 saturated heterocycles. The summed E-state index contributed by atoms with van der Waals surface area (Å²) in [5, 5.41) is 6.68. The first-order valence-electron chi connectivity index (χ1n) is 2.58. The highest BCUT2D eigenvalue weighted by Crippen LogP contribution is 2.13. The fraction of sp³-hybridized carbons (Fsp3) is 0.400. The lowest BCUT2D eigenvalue weighted by Gasteiger charge is -1.89. The van der Waals surface area contributed by atoms with E-state index in [0.717, 1.165) is 16.7 Å². The number of hydrogen-bond donors (Lipinski definition) is 1. The van der Waals surface area contributed by atoms with Gasteiger partial charge >= 0.3 is 0 Å². The number of aromatic nitrogens is 1. The summed E-state index contributed by atoms with van der Waals surface area (Å²) in [6.07, 6.45) is 1.56. The zero-order valence-electron chi connectivity index (χ0n) is 5.02. The molecule has 1 aromatic heterocycles. The Morgan fingerprint density at radius 3 is 3.11 bits per heavy atom. The third-order valence-corrected chi connectivity index (χ3v) is 1.58. The summed E-state index contributed by atoms with van der Waals surface area (Å²) in [5.74, 6) is 0. The van der Waals surface area contributed by atoms with Crippen LogP contribution in [-0.4, -0.2) is 12.2 Å². The van der Waals surface area contributed by atoms with Crippen molar-refractivity contribution in [3.05, 3.63) is 16.4 Å². The van der Waals surface area contributed by atoms with Crippen LogP contribution in [0.25, 0.3) is 0 Å². The first-order chi connectivity index (χ1) is 4.34. The summed E-state index contributed by atoms with van der Waals surface area (Å²) in [7, 11) is 1.86. The number of nitrogens with zero attached hydrogens (tertiary/aromatic N) is 1. The van der Waals surface area contributed by atoms with Crippen molar-refractivity contribution in [1.82, 2.24) is 10.5 Å². The van der Waals surface area contributed by atoms with E-state index in [4.69, 9.17) is 0 Å². The van der Waals surface area contributed by atoms with E-state index in [-0.39, 0.29) is 0 Å². The minimum atomic E-state index is 0.733. The van der Waals surface area contributed by atoms with Gasteiger partial charge in [-0.05, 0) is 23.0 Å². The molecule has 0 bridgehead atoms. The molecule has 4 heteroatoms. The summed E-state index contributed by atoms with van der Waals surface area (Å²) in [6, 6.07) is 0. The molecule has 0 spiro atoms. The lowest BCUT2D eigenvalue weighted by Crippen LogP contribution is -2.05. The van der Waals surface area contributed by atoms with Crippen molar-refractivity contribution < 1.29 is 4.52 Å². The number of hydrogen-bond acceptors (Lipinski definition) is 3. The third kappa shape index (κ3) is 1.53. The van der Waals surface area contributed by atoms with Crippen molar-refractivity contribution >= 4 is 15.9 Å². The number of halogens is 1. The van der Waals surface area contributed by atoms with Crippen LogP contribution in [0.2, 0.25) is 0 Å². The molecule has 0 atom stereocenters. The number of nitrogens with one attached hydrogen (secondary N) is 1. The zero-order valence-corrected chi connectivity index (χ0v) is 6.60. The smallest absolute Gasteiger partial charge is 0.138 e. The van der Waals surface area contributed by atoms with Gasteiger partial charge < -0.3 is 9.84 Å². The van der Waals surface area contributed by atoms with Crippen LogP contribution in [0.3, 0.4) is 0 Å². The lowest BCUT2D eigenvalue weighted by molar-refractivity contribution is 0.409. The molecule has 9 heavy (non-hydrogen) atoms. The van der Waals surface area contributed by atoms with Crippen molar-refractivity contribution in [2.45, 2.75) is 6.54 Å². The van der Waals surface area contributed by atoms with Gasteiger partial charge in [-0.3, -0.25) is 0 Å².